The smallest absolute Gasteiger partial charge is 0.236 e. The standard InChI is InChI=1S/C18H33N3O2/c1-3-20(4-2)18(23)15-19-10-12-21(13-11-19)17(22)14-16-8-6-5-7-9-16/h16H,3-15H2,1-2H3. The predicted molar refractivity (Wildman–Crippen MR) is 92.1 cm³/mol. The fourth-order valence-corrected chi connectivity index (χ4v) is 3.79. The van der Waals surface area contributed by atoms with Gasteiger partial charge < -0.3 is 9.80 Å². The molecule has 0 N–H and O–H groups in total. The zero-order valence-electron chi connectivity index (χ0n) is 14.9. The summed E-state index contributed by atoms with van der Waals surface area (Å²) >= 11 is 0. The molecule has 2 amide bonds. The van der Waals surface area contributed by atoms with Gasteiger partial charge in [-0.15, -0.1) is 0 Å². The van der Waals surface area contributed by atoms with Gasteiger partial charge in [-0.25, -0.2) is 0 Å². The van der Waals surface area contributed by atoms with E-state index in [0.29, 0.717) is 18.4 Å². The molecule has 0 aromatic carbocycles. The molecule has 23 heavy (non-hydrogen) atoms. The Labute approximate surface area is 141 Å². The highest BCUT2D eigenvalue weighted by Crippen LogP contribution is 2.27. The molecule has 5 heteroatoms. The third-order valence-electron chi connectivity index (χ3n) is 5.39. The maximum Gasteiger partial charge on any atom is 0.236 e. The lowest BCUT2D eigenvalue weighted by molar-refractivity contribution is -0.135. The van der Waals surface area contributed by atoms with E-state index in [2.05, 4.69) is 4.90 Å². The molecule has 0 unspecified atom stereocenters. The van der Waals surface area contributed by atoms with E-state index in [1.165, 1.54) is 32.1 Å². The summed E-state index contributed by atoms with van der Waals surface area (Å²) in [4.78, 5) is 30.7. The Morgan fingerprint density at radius 1 is 0.957 bits per heavy atom. The number of likely N-dealkylation sites (N-methyl/N-ethyl adjacent to an activating group) is 1. The highest BCUT2D eigenvalue weighted by molar-refractivity contribution is 5.78. The maximum atomic E-state index is 12.4. The Morgan fingerprint density at radius 3 is 2.13 bits per heavy atom. The fourth-order valence-electron chi connectivity index (χ4n) is 3.79. The number of rotatable bonds is 6. The van der Waals surface area contributed by atoms with Crippen LogP contribution in [0.25, 0.3) is 0 Å². The van der Waals surface area contributed by atoms with Crippen LogP contribution < -0.4 is 0 Å². The molecule has 132 valence electrons. The molecule has 1 aliphatic carbocycles. The van der Waals surface area contributed by atoms with Gasteiger partial charge in [-0.05, 0) is 32.6 Å². The van der Waals surface area contributed by atoms with Gasteiger partial charge in [0.2, 0.25) is 11.8 Å². The summed E-state index contributed by atoms with van der Waals surface area (Å²) in [5, 5.41) is 0. The Balaban J connectivity index is 1.70. The van der Waals surface area contributed by atoms with Crippen LogP contribution in [0.15, 0.2) is 0 Å². The molecule has 0 aromatic heterocycles. The number of hydrogen-bond acceptors (Lipinski definition) is 3. The second kappa shape index (κ2) is 9.26. The number of carbonyl (C=O) groups excluding carboxylic acids is 2. The molecule has 5 nitrogen and oxygen atoms in total. The Kier molecular flexibility index (Phi) is 7.34. The molecule has 2 fully saturated rings. The topological polar surface area (TPSA) is 43.9 Å². The SMILES string of the molecule is CCN(CC)C(=O)CN1CCN(C(=O)CC2CCCCC2)CC1. The molecule has 0 radical (unpaired) electrons. The molecule has 1 saturated carbocycles. The summed E-state index contributed by atoms with van der Waals surface area (Å²) < 4.78 is 0. The first-order valence-electron chi connectivity index (χ1n) is 9.42. The fraction of sp³-hybridized carbons (Fsp3) is 0.889. The van der Waals surface area contributed by atoms with Crippen molar-refractivity contribution < 1.29 is 9.59 Å². The average Bonchev–Trinajstić information content (AvgIpc) is 2.57. The molecule has 0 spiro atoms. The molecule has 0 bridgehead atoms. The van der Waals surface area contributed by atoms with Gasteiger partial charge in [0.15, 0.2) is 0 Å². The van der Waals surface area contributed by atoms with Crippen molar-refractivity contribution in [2.75, 3.05) is 45.8 Å². The summed E-state index contributed by atoms with van der Waals surface area (Å²) in [5.74, 6) is 1.14. The first kappa shape index (κ1) is 18.2. The third kappa shape index (κ3) is 5.48. The van der Waals surface area contributed by atoms with Crippen molar-refractivity contribution in [1.82, 2.24) is 14.7 Å². The van der Waals surface area contributed by atoms with Crippen LogP contribution in [0, 0.1) is 5.92 Å². The molecule has 1 heterocycles. The van der Waals surface area contributed by atoms with Crippen molar-refractivity contribution in [2.24, 2.45) is 5.92 Å². The number of piperazine rings is 1. The lowest BCUT2D eigenvalue weighted by Crippen LogP contribution is -2.51. The Hall–Kier alpha value is -1.10. The molecule has 0 atom stereocenters. The quantitative estimate of drug-likeness (QED) is 0.751. The lowest BCUT2D eigenvalue weighted by atomic mass is 9.86. The van der Waals surface area contributed by atoms with E-state index in [-0.39, 0.29) is 5.91 Å². The van der Waals surface area contributed by atoms with Gasteiger partial charge in [-0.3, -0.25) is 14.5 Å². The van der Waals surface area contributed by atoms with Crippen molar-refractivity contribution in [3.63, 3.8) is 0 Å². The van der Waals surface area contributed by atoms with E-state index in [0.717, 1.165) is 45.7 Å². The Morgan fingerprint density at radius 2 is 1.57 bits per heavy atom. The first-order valence-corrected chi connectivity index (χ1v) is 9.42. The second-order valence-electron chi connectivity index (χ2n) is 6.93. The van der Waals surface area contributed by atoms with Gasteiger partial charge in [-0.2, -0.15) is 0 Å². The van der Waals surface area contributed by atoms with E-state index in [4.69, 9.17) is 0 Å². The van der Waals surface area contributed by atoms with Crippen LogP contribution in [0.5, 0.6) is 0 Å². The highest BCUT2D eigenvalue weighted by atomic mass is 16.2. The molecular weight excluding hydrogens is 290 g/mol. The van der Waals surface area contributed by atoms with Gasteiger partial charge in [-0.1, -0.05) is 19.3 Å². The lowest BCUT2D eigenvalue weighted by Gasteiger charge is -2.36. The second-order valence-corrected chi connectivity index (χ2v) is 6.93. The van der Waals surface area contributed by atoms with Crippen LogP contribution >= 0.6 is 0 Å². The van der Waals surface area contributed by atoms with E-state index >= 15 is 0 Å². The number of amides is 2. The van der Waals surface area contributed by atoms with E-state index < -0.39 is 0 Å². The molecule has 2 rings (SSSR count). The zero-order valence-corrected chi connectivity index (χ0v) is 14.9. The van der Waals surface area contributed by atoms with Crippen LogP contribution in [0.2, 0.25) is 0 Å². The van der Waals surface area contributed by atoms with Crippen LogP contribution in [0.1, 0.15) is 52.4 Å². The summed E-state index contributed by atoms with van der Waals surface area (Å²) in [5.41, 5.74) is 0. The average molecular weight is 323 g/mol. The summed E-state index contributed by atoms with van der Waals surface area (Å²) in [6, 6.07) is 0. The van der Waals surface area contributed by atoms with Crippen molar-refractivity contribution in [1.29, 1.82) is 0 Å². The van der Waals surface area contributed by atoms with Crippen LogP contribution in [0.3, 0.4) is 0 Å². The molecular formula is C18H33N3O2. The molecule has 0 aromatic rings. The zero-order chi connectivity index (χ0) is 16.7. The van der Waals surface area contributed by atoms with Gasteiger partial charge in [0, 0.05) is 45.7 Å². The van der Waals surface area contributed by atoms with Gasteiger partial charge in [0.25, 0.3) is 0 Å². The predicted octanol–water partition coefficient (Wildman–Crippen LogP) is 1.97. The first-order chi connectivity index (χ1) is 11.1. The largest absolute Gasteiger partial charge is 0.342 e. The molecule has 2 aliphatic rings. The van der Waals surface area contributed by atoms with Gasteiger partial charge in [0.1, 0.15) is 0 Å². The number of nitrogens with zero attached hydrogens (tertiary/aromatic N) is 3. The van der Waals surface area contributed by atoms with Crippen molar-refractivity contribution in [2.45, 2.75) is 52.4 Å². The highest BCUT2D eigenvalue weighted by Gasteiger charge is 2.25. The van der Waals surface area contributed by atoms with Crippen molar-refractivity contribution in [3.05, 3.63) is 0 Å². The Bertz CT molecular complexity index is 382. The molecule has 1 saturated heterocycles. The van der Waals surface area contributed by atoms with Gasteiger partial charge in [0.05, 0.1) is 6.54 Å². The minimum atomic E-state index is 0.206. The van der Waals surface area contributed by atoms with Crippen LogP contribution in [-0.2, 0) is 9.59 Å². The van der Waals surface area contributed by atoms with Gasteiger partial charge >= 0.3 is 0 Å². The third-order valence-corrected chi connectivity index (χ3v) is 5.39. The maximum absolute atomic E-state index is 12.4. The summed E-state index contributed by atoms with van der Waals surface area (Å²) in [6.07, 6.45) is 7.11. The summed E-state index contributed by atoms with van der Waals surface area (Å²) in [7, 11) is 0. The van der Waals surface area contributed by atoms with Crippen molar-refractivity contribution in [3.8, 4) is 0 Å². The van der Waals surface area contributed by atoms with Crippen LogP contribution in [-0.4, -0.2) is 72.3 Å². The number of carbonyl (C=O) groups is 2. The van der Waals surface area contributed by atoms with Crippen LogP contribution in [0.4, 0.5) is 0 Å². The molecule has 1 aliphatic heterocycles. The summed E-state index contributed by atoms with van der Waals surface area (Å²) in [6.45, 7) is 9.27. The number of hydrogen-bond donors (Lipinski definition) is 0. The minimum Gasteiger partial charge on any atom is -0.342 e. The minimum absolute atomic E-state index is 0.206. The van der Waals surface area contributed by atoms with Crippen molar-refractivity contribution >= 4 is 11.8 Å². The van der Waals surface area contributed by atoms with E-state index in [9.17, 15) is 9.59 Å². The van der Waals surface area contributed by atoms with E-state index in [1.54, 1.807) is 0 Å². The normalized spacial score (nSPS) is 20.5. The monoisotopic (exact) mass is 323 g/mol. The van der Waals surface area contributed by atoms with E-state index in [1.807, 2.05) is 23.6 Å².